The van der Waals surface area contributed by atoms with Crippen molar-refractivity contribution >= 4 is 40.6 Å². The number of carbonyl (C=O) groups excluding carboxylic acids is 1. The third kappa shape index (κ3) is 2.83. The molecule has 0 unspecified atom stereocenters. The number of amides is 1. The number of aromatic amines is 1. The van der Waals surface area contributed by atoms with E-state index in [2.05, 4.69) is 15.5 Å². The highest BCUT2D eigenvalue weighted by Crippen LogP contribution is 2.30. The van der Waals surface area contributed by atoms with E-state index in [0.29, 0.717) is 0 Å². The maximum atomic E-state index is 11.8. The molecule has 2 aromatic rings. The van der Waals surface area contributed by atoms with Crippen molar-refractivity contribution < 1.29 is 9.72 Å². The zero-order chi connectivity index (χ0) is 14.0. The predicted molar refractivity (Wildman–Crippen MR) is 69.7 cm³/mol. The van der Waals surface area contributed by atoms with Crippen LogP contribution >= 0.6 is 23.2 Å². The first-order valence-corrected chi connectivity index (χ1v) is 5.70. The van der Waals surface area contributed by atoms with E-state index in [1.165, 1.54) is 0 Å². The van der Waals surface area contributed by atoms with E-state index in [1.54, 1.807) is 18.2 Å². The molecule has 0 saturated heterocycles. The van der Waals surface area contributed by atoms with Crippen molar-refractivity contribution in [2.24, 2.45) is 0 Å². The molecule has 2 N–H and O–H groups in total. The molecule has 1 aromatic carbocycles. The Morgan fingerprint density at radius 2 is 2.00 bits per heavy atom. The average molecular weight is 301 g/mol. The summed E-state index contributed by atoms with van der Waals surface area (Å²) in [7, 11) is 0. The summed E-state index contributed by atoms with van der Waals surface area (Å²) in [6.07, 6.45) is 0. The predicted octanol–water partition coefficient (Wildman–Crippen LogP) is 2.88. The minimum absolute atomic E-state index is 0.136. The van der Waals surface area contributed by atoms with E-state index in [9.17, 15) is 14.9 Å². The number of nitrogens with zero attached hydrogens (tertiary/aromatic N) is 2. The highest BCUT2D eigenvalue weighted by molar-refractivity contribution is 6.39. The van der Waals surface area contributed by atoms with Crippen LogP contribution in [0, 0.1) is 10.1 Å². The SMILES string of the molecule is O=C(Nc1c(Cl)cccc1Cl)c1cc([N+](=O)[O-])[nH]n1. The van der Waals surface area contributed by atoms with Crippen molar-refractivity contribution in [1.29, 1.82) is 0 Å². The summed E-state index contributed by atoms with van der Waals surface area (Å²) in [5.74, 6) is -1.03. The summed E-state index contributed by atoms with van der Waals surface area (Å²) in [5.41, 5.74) is 0.0872. The second-order valence-corrected chi connectivity index (χ2v) is 4.26. The van der Waals surface area contributed by atoms with Crippen LogP contribution in [0.15, 0.2) is 24.3 Å². The Morgan fingerprint density at radius 1 is 1.37 bits per heavy atom. The lowest BCUT2D eigenvalue weighted by atomic mass is 10.3. The number of halogens is 2. The van der Waals surface area contributed by atoms with Crippen LogP contribution in [-0.4, -0.2) is 21.0 Å². The van der Waals surface area contributed by atoms with E-state index < -0.39 is 10.8 Å². The van der Waals surface area contributed by atoms with Crippen LogP contribution in [0.1, 0.15) is 10.5 Å². The van der Waals surface area contributed by atoms with Gasteiger partial charge in [0.15, 0.2) is 5.69 Å². The van der Waals surface area contributed by atoms with Crippen LogP contribution in [0.3, 0.4) is 0 Å². The Kier molecular flexibility index (Phi) is 3.68. The molecule has 0 radical (unpaired) electrons. The molecule has 0 aliphatic rings. The normalized spacial score (nSPS) is 10.2. The molecule has 1 heterocycles. The first kappa shape index (κ1) is 13.3. The van der Waals surface area contributed by atoms with Gasteiger partial charge in [-0.15, -0.1) is 5.10 Å². The van der Waals surface area contributed by atoms with Crippen molar-refractivity contribution in [3.8, 4) is 0 Å². The summed E-state index contributed by atoms with van der Waals surface area (Å²) in [6.45, 7) is 0. The summed E-state index contributed by atoms with van der Waals surface area (Å²) < 4.78 is 0. The monoisotopic (exact) mass is 300 g/mol. The molecule has 0 fully saturated rings. The van der Waals surface area contributed by atoms with Crippen LogP contribution in [0.25, 0.3) is 0 Å². The van der Waals surface area contributed by atoms with Crippen LogP contribution < -0.4 is 5.32 Å². The third-order valence-corrected chi connectivity index (χ3v) is 2.82. The van der Waals surface area contributed by atoms with Crippen LogP contribution in [0.5, 0.6) is 0 Å². The molecule has 2 rings (SSSR count). The van der Waals surface area contributed by atoms with E-state index in [-0.39, 0.29) is 27.2 Å². The van der Waals surface area contributed by atoms with Crippen molar-refractivity contribution in [2.45, 2.75) is 0 Å². The standard InChI is InChI=1S/C10H6Cl2N4O3/c11-5-2-1-3-6(12)9(5)13-10(17)7-4-8(15-14-7)16(18)19/h1-4H,(H,13,17)(H,14,15). The lowest BCUT2D eigenvalue weighted by Gasteiger charge is -2.06. The summed E-state index contributed by atoms with van der Waals surface area (Å²) in [5, 5.41) is 19.1. The van der Waals surface area contributed by atoms with Gasteiger partial charge in [0.2, 0.25) is 0 Å². The third-order valence-electron chi connectivity index (χ3n) is 2.19. The summed E-state index contributed by atoms with van der Waals surface area (Å²) in [4.78, 5) is 21.6. The number of carbonyl (C=O) groups is 1. The van der Waals surface area contributed by atoms with Gasteiger partial charge in [-0.2, -0.15) is 0 Å². The quantitative estimate of drug-likeness (QED) is 0.672. The maximum absolute atomic E-state index is 11.8. The largest absolute Gasteiger partial charge is 0.358 e. The number of hydrogen-bond donors (Lipinski definition) is 2. The zero-order valence-electron chi connectivity index (χ0n) is 9.18. The Labute approximate surface area is 116 Å². The number of aromatic nitrogens is 2. The summed E-state index contributed by atoms with van der Waals surface area (Å²) in [6, 6.07) is 5.74. The van der Waals surface area contributed by atoms with Gasteiger partial charge >= 0.3 is 5.82 Å². The van der Waals surface area contributed by atoms with Gasteiger partial charge in [0.25, 0.3) is 5.91 Å². The van der Waals surface area contributed by atoms with Gasteiger partial charge in [0.05, 0.1) is 21.8 Å². The molecule has 1 amide bonds. The molecule has 7 nitrogen and oxygen atoms in total. The molecule has 19 heavy (non-hydrogen) atoms. The first-order chi connectivity index (χ1) is 8.99. The van der Waals surface area contributed by atoms with Gasteiger partial charge in [0.1, 0.15) is 0 Å². The van der Waals surface area contributed by atoms with Crippen molar-refractivity contribution in [3.05, 3.63) is 50.1 Å². The van der Waals surface area contributed by atoms with E-state index in [1.807, 2.05) is 0 Å². The number of anilines is 1. The fourth-order valence-corrected chi connectivity index (χ4v) is 1.81. The molecule has 0 spiro atoms. The van der Waals surface area contributed by atoms with Crippen LogP contribution in [0.4, 0.5) is 11.5 Å². The molecule has 9 heteroatoms. The lowest BCUT2D eigenvalue weighted by molar-refractivity contribution is -0.389. The fraction of sp³-hybridized carbons (Fsp3) is 0. The molecule has 0 aliphatic carbocycles. The highest BCUT2D eigenvalue weighted by Gasteiger charge is 2.18. The number of nitro groups is 1. The van der Waals surface area contributed by atoms with Crippen LogP contribution in [-0.2, 0) is 0 Å². The second-order valence-electron chi connectivity index (χ2n) is 3.45. The first-order valence-electron chi connectivity index (χ1n) is 4.94. The van der Waals surface area contributed by atoms with Gasteiger partial charge < -0.3 is 15.4 Å². The number of benzene rings is 1. The van der Waals surface area contributed by atoms with E-state index >= 15 is 0 Å². The minimum atomic E-state index is -0.688. The van der Waals surface area contributed by atoms with Crippen molar-refractivity contribution in [1.82, 2.24) is 10.2 Å². The highest BCUT2D eigenvalue weighted by atomic mass is 35.5. The smallest absolute Gasteiger partial charge is 0.343 e. The van der Waals surface area contributed by atoms with Gasteiger partial charge in [-0.25, -0.2) is 0 Å². The van der Waals surface area contributed by atoms with E-state index in [0.717, 1.165) is 6.07 Å². The molecular formula is C10H6Cl2N4O3. The Morgan fingerprint density at radius 3 is 2.53 bits per heavy atom. The van der Waals surface area contributed by atoms with Gasteiger partial charge in [0, 0.05) is 0 Å². The molecule has 0 bridgehead atoms. The molecule has 0 saturated carbocycles. The van der Waals surface area contributed by atoms with Gasteiger partial charge in [-0.3, -0.25) is 4.79 Å². The minimum Gasteiger partial charge on any atom is -0.358 e. The van der Waals surface area contributed by atoms with Gasteiger partial charge in [-0.05, 0) is 17.1 Å². The van der Waals surface area contributed by atoms with Crippen molar-refractivity contribution in [3.63, 3.8) is 0 Å². The molecular weight excluding hydrogens is 295 g/mol. The molecule has 1 aromatic heterocycles. The lowest BCUT2D eigenvalue weighted by Crippen LogP contribution is -2.13. The summed E-state index contributed by atoms with van der Waals surface area (Å²) >= 11 is 11.8. The second kappa shape index (κ2) is 5.25. The maximum Gasteiger partial charge on any atom is 0.343 e. The molecule has 0 atom stereocenters. The molecule has 98 valence electrons. The molecule has 0 aliphatic heterocycles. The van der Waals surface area contributed by atoms with Gasteiger partial charge in [-0.1, -0.05) is 34.4 Å². The van der Waals surface area contributed by atoms with Crippen LogP contribution in [0.2, 0.25) is 10.0 Å². The fourth-order valence-electron chi connectivity index (χ4n) is 1.32. The van der Waals surface area contributed by atoms with E-state index in [4.69, 9.17) is 23.2 Å². The number of hydrogen-bond acceptors (Lipinski definition) is 4. The van der Waals surface area contributed by atoms with Crippen molar-refractivity contribution in [2.75, 3.05) is 5.32 Å². The average Bonchev–Trinajstić information content (AvgIpc) is 2.83. The topological polar surface area (TPSA) is 101 Å². The zero-order valence-corrected chi connectivity index (χ0v) is 10.7. The Bertz CT molecular complexity index is 636. The number of H-pyrrole nitrogens is 1. The number of nitrogens with one attached hydrogen (secondary N) is 2. The number of para-hydroxylation sites is 1. The Balaban J connectivity index is 2.23. The number of rotatable bonds is 3. The Hall–Kier alpha value is -2.12.